The molecule has 3 aliphatic heterocycles. The minimum atomic E-state index is -0.259. The number of imide groups is 1. The molecule has 2 aromatic carbocycles. The molecule has 0 bridgehead atoms. The van der Waals surface area contributed by atoms with E-state index in [1.807, 2.05) is 4.90 Å². The molecule has 0 saturated carbocycles. The molecule has 0 N–H and O–H groups in total. The van der Waals surface area contributed by atoms with E-state index in [2.05, 4.69) is 37.1 Å². The Morgan fingerprint density at radius 3 is 2.48 bits per heavy atom. The number of hydrogen-bond acceptors (Lipinski definition) is 4. The number of hydrogen-bond donors (Lipinski definition) is 0. The third kappa shape index (κ3) is 3.26. The van der Waals surface area contributed by atoms with Crippen LogP contribution < -0.4 is 4.90 Å². The first kappa shape index (κ1) is 19.9. The van der Waals surface area contributed by atoms with Gasteiger partial charge in [-0.05, 0) is 57.1 Å². The fraction of sp³-hybridized carbons (Fsp3) is 0.400. The summed E-state index contributed by atoms with van der Waals surface area (Å²) in [5, 5.41) is 0. The lowest BCUT2D eigenvalue weighted by Gasteiger charge is -2.36. The van der Waals surface area contributed by atoms with E-state index in [0.29, 0.717) is 29.9 Å². The molecule has 6 nitrogen and oxygen atoms in total. The van der Waals surface area contributed by atoms with Gasteiger partial charge in [0.2, 0.25) is 5.91 Å². The average Bonchev–Trinajstić information content (AvgIpc) is 3.20. The van der Waals surface area contributed by atoms with Crippen LogP contribution in [0.5, 0.6) is 0 Å². The van der Waals surface area contributed by atoms with E-state index in [-0.39, 0.29) is 30.3 Å². The van der Waals surface area contributed by atoms with Crippen LogP contribution in [-0.2, 0) is 4.79 Å². The second kappa shape index (κ2) is 7.61. The Bertz CT molecular complexity index is 1040. The second-order valence-corrected chi connectivity index (χ2v) is 8.96. The molecule has 3 aliphatic rings. The predicted octanol–water partition coefficient (Wildman–Crippen LogP) is 3.21. The number of amides is 3. The largest absolute Gasteiger partial charge is 0.308 e. The number of carbonyl (C=O) groups excluding carboxylic acids is 3. The van der Waals surface area contributed by atoms with Gasteiger partial charge in [-0.1, -0.05) is 29.8 Å². The standard InChI is InChI=1S/C25H27N3O3/c1-16-9-10-21-19(14-16)20-15-26(2)13-11-22(20)28(21)23(29)8-5-12-27-24(30)17-6-3-4-7-18(17)25(27)31/h3-4,6-7,9-10,14,20,22H,5,8,11-13,15H2,1-2H3/t20-,22+/m1/s1. The van der Waals surface area contributed by atoms with E-state index in [1.165, 1.54) is 16.0 Å². The van der Waals surface area contributed by atoms with Gasteiger partial charge in [0.05, 0.1) is 11.1 Å². The molecule has 2 atom stereocenters. The molecule has 3 heterocycles. The molecule has 160 valence electrons. The van der Waals surface area contributed by atoms with E-state index in [4.69, 9.17) is 0 Å². The minimum absolute atomic E-state index is 0.0822. The first-order valence-corrected chi connectivity index (χ1v) is 11.0. The maximum atomic E-state index is 13.3. The summed E-state index contributed by atoms with van der Waals surface area (Å²) in [6.07, 6.45) is 1.75. The van der Waals surface area contributed by atoms with Crippen LogP contribution in [0.4, 0.5) is 5.69 Å². The predicted molar refractivity (Wildman–Crippen MR) is 118 cm³/mol. The Morgan fingerprint density at radius 2 is 1.77 bits per heavy atom. The molecule has 2 aromatic rings. The number of benzene rings is 2. The highest BCUT2D eigenvalue weighted by molar-refractivity contribution is 6.21. The van der Waals surface area contributed by atoms with E-state index < -0.39 is 0 Å². The summed E-state index contributed by atoms with van der Waals surface area (Å²) in [6, 6.07) is 13.5. The van der Waals surface area contributed by atoms with Gasteiger partial charge in [0.15, 0.2) is 0 Å². The van der Waals surface area contributed by atoms with Gasteiger partial charge in [-0.15, -0.1) is 0 Å². The van der Waals surface area contributed by atoms with E-state index >= 15 is 0 Å². The molecular formula is C25H27N3O3. The molecule has 6 heteroatoms. The lowest BCUT2D eigenvalue weighted by Crippen LogP contribution is -2.47. The molecule has 5 rings (SSSR count). The van der Waals surface area contributed by atoms with Gasteiger partial charge >= 0.3 is 0 Å². The monoisotopic (exact) mass is 417 g/mol. The van der Waals surface area contributed by atoms with Gasteiger partial charge in [0.25, 0.3) is 11.8 Å². The summed E-state index contributed by atoms with van der Waals surface area (Å²) < 4.78 is 0. The van der Waals surface area contributed by atoms with E-state index in [1.54, 1.807) is 24.3 Å². The van der Waals surface area contributed by atoms with Crippen molar-refractivity contribution in [1.29, 1.82) is 0 Å². The van der Waals surface area contributed by atoms with E-state index in [9.17, 15) is 14.4 Å². The number of anilines is 1. The molecule has 0 spiro atoms. The Balaban J connectivity index is 1.29. The van der Waals surface area contributed by atoms with Crippen molar-refractivity contribution in [3.63, 3.8) is 0 Å². The molecule has 0 unspecified atom stereocenters. The van der Waals surface area contributed by atoms with Crippen LogP contribution in [-0.4, -0.2) is 60.2 Å². The Kier molecular flexibility index (Phi) is 4.89. The average molecular weight is 418 g/mol. The Labute approximate surface area is 182 Å². The van der Waals surface area contributed by atoms with Gasteiger partial charge in [0, 0.05) is 37.2 Å². The lowest BCUT2D eigenvalue weighted by molar-refractivity contribution is -0.119. The van der Waals surface area contributed by atoms with Gasteiger partial charge in [-0.25, -0.2) is 0 Å². The van der Waals surface area contributed by atoms with Gasteiger partial charge in [-0.2, -0.15) is 0 Å². The number of likely N-dealkylation sites (tertiary alicyclic amines) is 1. The van der Waals surface area contributed by atoms with Crippen molar-refractivity contribution in [2.45, 2.75) is 38.1 Å². The maximum Gasteiger partial charge on any atom is 0.261 e. The molecule has 1 saturated heterocycles. The zero-order chi connectivity index (χ0) is 21.7. The summed E-state index contributed by atoms with van der Waals surface area (Å²) in [6.45, 7) is 4.30. The van der Waals surface area contributed by atoms with Gasteiger partial charge in [0.1, 0.15) is 0 Å². The quantitative estimate of drug-likeness (QED) is 0.717. The summed E-state index contributed by atoms with van der Waals surface area (Å²) in [4.78, 5) is 44.0. The first-order valence-electron chi connectivity index (χ1n) is 11.0. The van der Waals surface area contributed by atoms with Crippen molar-refractivity contribution in [3.8, 4) is 0 Å². The van der Waals surface area contributed by atoms with Crippen LogP contribution in [0.2, 0.25) is 0 Å². The Morgan fingerprint density at radius 1 is 1.06 bits per heavy atom. The number of rotatable bonds is 4. The van der Waals surface area contributed by atoms with Crippen molar-refractivity contribution in [3.05, 3.63) is 64.7 Å². The minimum Gasteiger partial charge on any atom is -0.308 e. The van der Waals surface area contributed by atoms with Crippen LogP contribution in [0, 0.1) is 6.92 Å². The zero-order valence-corrected chi connectivity index (χ0v) is 18.0. The molecule has 0 aromatic heterocycles. The molecule has 0 aliphatic carbocycles. The highest BCUT2D eigenvalue weighted by atomic mass is 16.2. The normalized spacial score (nSPS) is 22.5. The van der Waals surface area contributed by atoms with Crippen molar-refractivity contribution in [2.24, 2.45) is 0 Å². The Hall–Kier alpha value is -2.99. The highest BCUT2D eigenvalue weighted by Gasteiger charge is 2.43. The number of likely N-dealkylation sites (N-methyl/N-ethyl adjacent to an activating group) is 1. The number of carbonyl (C=O) groups is 3. The zero-order valence-electron chi connectivity index (χ0n) is 18.0. The SMILES string of the molecule is Cc1ccc2c(c1)[C@H]1CN(C)CC[C@@H]1N2C(=O)CCCN1C(=O)c2ccccc2C1=O. The van der Waals surface area contributed by atoms with Gasteiger partial charge < -0.3 is 9.80 Å². The van der Waals surface area contributed by atoms with Crippen molar-refractivity contribution < 1.29 is 14.4 Å². The van der Waals surface area contributed by atoms with Crippen LogP contribution in [0.3, 0.4) is 0 Å². The molecule has 3 amide bonds. The number of nitrogens with zero attached hydrogens (tertiary/aromatic N) is 3. The van der Waals surface area contributed by atoms with Crippen LogP contribution >= 0.6 is 0 Å². The topological polar surface area (TPSA) is 60.9 Å². The summed E-state index contributed by atoms with van der Waals surface area (Å²) in [5.74, 6) is -0.0940. The molecule has 1 fully saturated rings. The fourth-order valence-corrected chi connectivity index (χ4v) is 5.36. The van der Waals surface area contributed by atoms with Crippen LogP contribution in [0.15, 0.2) is 42.5 Å². The van der Waals surface area contributed by atoms with Crippen molar-refractivity contribution in [1.82, 2.24) is 9.80 Å². The third-order valence-electron chi connectivity index (χ3n) is 6.87. The summed E-state index contributed by atoms with van der Waals surface area (Å²) >= 11 is 0. The lowest BCUT2D eigenvalue weighted by atomic mass is 9.89. The number of fused-ring (bicyclic) bond motifs is 4. The smallest absolute Gasteiger partial charge is 0.261 e. The first-order chi connectivity index (χ1) is 15.0. The molecular weight excluding hydrogens is 390 g/mol. The van der Waals surface area contributed by atoms with Crippen molar-refractivity contribution in [2.75, 3.05) is 31.6 Å². The summed E-state index contributed by atoms with van der Waals surface area (Å²) in [5.41, 5.74) is 4.42. The number of piperidine rings is 1. The molecule has 0 radical (unpaired) electrons. The number of aryl methyl sites for hydroxylation is 1. The highest BCUT2D eigenvalue weighted by Crippen LogP contribution is 2.45. The second-order valence-electron chi connectivity index (χ2n) is 8.96. The maximum absolute atomic E-state index is 13.3. The van der Waals surface area contributed by atoms with E-state index in [0.717, 1.165) is 25.2 Å². The fourth-order valence-electron chi connectivity index (χ4n) is 5.36. The third-order valence-corrected chi connectivity index (χ3v) is 6.87. The van der Waals surface area contributed by atoms with Crippen LogP contribution in [0.1, 0.15) is 57.0 Å². The van der Waals surface area contributed by atoms with Crippen molar-refractivity contribution >= 4 is 23.4 Å². The molecule has 31 heavy (non-hydrogen) atoms. The van der Waals surface area contributed by atoms with Gasteiger partial charge in [-0.3, -0.25) is 19.3 Å². The summed E-state index contributed by atoms with van der Waals surface area (Å²) in [7, 11) is 2.14. The van der Waals surface area contributed by atoms with Crippen LogP contribution in [0.25, 0.3) is 0 Å².